The number of fused-ring (bicyclic) bond motifs is 1. The molecule has 3 nitrogen and oxygen atoms in total. The summed E-state index contributed by atoms with van der Waals surface area (Å²) >= 11 is 5.82. The molecule has 3 rings (SSSR count). The maximum absolute atomic E-state index is 12.8. The number of sulfone groups is 1. The molecule has 2 aromatic carbocycles. The van der Waals surface area contributed by atoms with Crippen LogP contribution in [0.25, 0.3) is 0 Å². The maximum Gasteiger partial charge on any atom is 0.183 e. The van der Waals surface area contributed by atoms with Crippen LogP contribution in [0, 0.1) is 0 Å². The number of halogens is 1. The Kier molecular flexibility index (Phi) is 3.78. The summed E-state index contributed by atoms with van der Waals surface area (Å²) < 4.78 is 25.6. The largest absolute Gasteiger partial charge is 0.323 e. The van der Waals surface area contributed by atoms with E-state index >= 15 is 0 Å². The Balaban J connectivity index is 1.99. The Morgan fingerprint density at radius 1 is 1.05 bits per heavy atom. The average Bonchev–Trinajstić information content (AvgIpc) is 2.48. The molecule has 1 aliphatic carbocycles. The topological polar surface area (TPSA) is 60.2 Å². The van der Waals surface area contributed by atoms with Gasteiger partial charge < -0.3 is 5.73 Å². The maximum atomic E-state index is 12.8. The van der Waals surface area contributed by atoms with Crippen LogP contribution in [0.2, 0.25) is 5.02 Å². The molecule has 21 heavy (non-hydrogen) atoms. The van der Waals surface area contributed by atoms with Gasteiger partial charge in [0.1, 0.15) is 0 Å². The quantitative estimate of drug-likeness (QED) is 0.924. The van der Waals surface area contributed by atoms with Crippen molar-refractivity contribution in [2.75, 3.05) is 0 Å². The third-order valence-electron chi connectivity index (χ3n) is 4.05. The van der Waals surface area contributed by atoms with Gasteiger partial charge in [0.25, 0.3) is 0 Å². The summed E-state index contributed by atoms with van der Waals surface area (Å²) in [6, 6.07) is 13.6. The molecular formula is C16H16ClNO2S. The van der Waals surface area contributed by atoms with E-state index in [9.17, 15) is 8.42 Å². The molecule has 110 valence electrons. The highest BCUT2D eigenvalue weighted by molar-refractivity contribution is 7.92. The lowest BCUT2D eigenvalue weighted by atomic mass is 9.88. The fraction of sp³-hybridized carbons (Fsp3) is 0.250. The second-order valence-electron chi connectivity index (χ2n) is 5.30. The Morgan fingerprint density at radius 2 is 1.71 bits per heavy atom. The number of nitrogens with two attached hydrogens (primary N) is 1. The Morgan fingerprint density at radius 3 is 2.43 bits per heavy atom. The smallest absolute Gasteiger partial charge is 0.183 e. The molecule has 0 saturated heterocycles. The van der Waals surface area contributed by atoms with Crippen LogP contribution < -0.4 is 5.73 Å². The number of benzene rings is 2. The van der Waals surface area contributed by atoms with Gasteiger partial charge in [0, 0.05) is 11.1 Å². The Bertz CT molecular complexity index is 756. The van der Waals surface area contributed by atoms with E-state index in [0.29, 0.717) is 11.4 Å². The van der Waals surface area contributed by atoms with Crippen molar-refractivity contribution in [3.8, 4) is 0 Å². The standard InChI is InChI=1S/C16H16ClNO2S/c17-12-6-8-13(9-7-12)21(19,20)15-10-5-11-3-1-2-4-14(11)16(15)18/h1-4,6-9,15-16H,5,10,18H2. The molecule has 2 atom stereocenters. The SMILES string of the molecule is NC1c2ccccc2CCC1S(=O)(=O)c1ccc(Cl)cc1. The second kappa shape index (κ2) is 5.44. The normalized spacial score (nSPS) is 21.8. The van der Waals surface area contributed by atoms with Crippen LogP contribution in [0.4, 0.5) is 0 Å². The van der Waals surface area contributed by atoms with Crippen molar-refractivity contribution in [1.29, 1.82) is 0 Å². The van der Waals surface area contributed by atoms with Gasteiger partial charge in [-0.15, -0.1) is 0 Å². The lowest BCUT2D eigenvalue weighted by Crippen LogP contribution is -2.37. The third-order valence-corrected chi connectivity index (χ3v) is 6.56. The zero-order valence-electron chi connectivity index (χ0n) is 11.4. The van der Waals surface area contributed by atoms with E-state index in [1.807, 2.05) is 24.3 Å². The van der Waals surface area contributed by atoms with Crippen LogP contribution in [-0.2, 0) is 16.3 Å². The minimum atomic E-state index is -3.45. The van der Waals surface area contributed by atoms with E-state index in [1.165, 1.54) is 0 Å². The molecule has 2 aromatic rings. The van der Waals surface area contributed by atoms with Crippen molar-refractivity contribution < 1.29 is 8.42 Å². The van der Waals surface area contributed by atoms with Gasteiger partial charge in [0.05, 0.1) is 10.1 Å². The Hall–Kier alpha value is -1.36. The number of aryl methyl sites for hydroxylation is 1. The first-order valence-electron chi connectivity index (χ1n) is 6.83. The van der Waals surface area contributed by atoms with E-state index in [-0.39, 0.29) is 4.90 Å². The summed E-state index contributed by atoms with van der Waals surface area (Å²) in [5, 5.41) is -0.0687. The highest BCUT2D eigenvalue weighted by Gasteiger charge is 2.36. The first-order chi connectivity index (χ1) is 10.00. The molecule has 0 heterocycles. The summed E-state index contributed by atoms with van der Waals surface area (Å²) in [5.41, 5.74) is 8.32. The van der Waals surface area contributed by atoms with Crippen molar-refractivity contribution in [3.05, 3.63) is 64.7 Å². The molecule has 0 fully saturated rings. The molecule has 5 heteroatoms. The van der Waals surface area contributed by atoms with E-state index < -0.39 is 21.1 Å². The van der Waals surface area contributed by atoms with Crippen LogP contribution in [0.15, 0.2) is 53.4 Å². The summed E-state index contributed by atoms with van der Waals surface area (Å²) in [4.78, 5) is 0.284. The molecule has 0 saturated carbocycles. The van der Waals surface area contributed by atoms with Crippen molar-refractivity contribution in [2.45, 2.75) is 29.0 Å². The van der Waals surface area contributed by atoms with Crippen molar-refractivity contribution in [2.24, 2.45) is 5.73 Å². The van der Waals surface area contributed by atoms with Gasteiger partial charge in [0.15, 0.2) is 9.84 Å². The molecule has 0 bridgehead atoms. The average molecular weight is 322 g/mol. The van der Waals surface area contributed by atoms with Gasteiger partial charge in [-0.3, -0.25) is 0 Å². The molecule has 0 aliphatic heterocycles. The summed E-state index contributed by atoms with van der Waals surface area (Å²) in [6.07, 6.45) is 1.28. The monoisotopic (exact) mass is 321 g/mol. The second-order valence-corrected chi connectivity index (χ2v) is 7.90. The van der Waals surface area contributed by atoms with E-state index in [1.54, 1.807) is 24.3 Å². The van der Waals surface area contributed by atoms with Gasteiger partial charge in [-0.05, 0) is 48.2 Å². The van der Waals surface area contributed by atoms with Crippen LogP contribution in [0.5, 0.6) is 0 Å². The minimum Gasteiger partial charge on any atom is -0.323 e. The number of rotatable bonds is 2. The fourth-order valence-corrected chi connectivity index (χ4v) is 4.86. The fourth-order valence-electron chi connectivity index (χ4n) is 2.91. The van der Waals surface area contributed by atoms with E-state index in [2.05, 4.69) is 0 Å². The molecule has 2 unspecified atom stereocenters. The van der Waals surface area contributed by atoms with Crippen molar-refractivity contribution in [3.63, 3.8) is 0 Å². The van der Waals surface area contributed by atoms with Crippen molar-refractivity contribution >= 4 is 21.4 Å². The van der Waals surface area contributed by atoms with Gasteiger partial charge in [-0.1, -0.05) is 35.9 Å². The predicted octanol–water partition coefficient (Wildman–Crippen LogP) is 3.13. The minimum absolute atomic E-state index is 0.284. The molecular weight excluding hydrogens is 306 g/mol. The highest BCUT2D eigenvalue weighted by atomic mass is 35.5. The molecule has 1 aliphatic rings. The molecule has 2 N–H and O–H groups in total. The number of hydrogen-bond acceptors (Lipinski definition) is 3. The van der Waals surface area contributed by atoms with E-state index in [4.69, 9.17) is 17.3 Å². The lowest BCUT2D eigenvalue weighted by Gasteiger charge is -2.30. The first-order valence-corrected chi connectivity index (χ1v) is 8.75. The first kappa shape index (κ1) is 14.6. The summed E-state index contributed by atoms with van der Waals surface area (Å²) in [6.45, 7) is 0. The van der Waals surface area contributed by atoms with Crippen molar-refractivity contribution in [1.82, 2.24) is 0 Å². The van der Waals surface area contributed by atoms with Gasteiger partial charge in [-0.2, -0.15) is 0 Å². The lowest BCUT2D eigenvalue weighted by molar-refractivity contribution is 0.521. The zero-order valence-corrected chi connectivity index (χ0v) is 12.9. The highest BCUT2D eigenvalue weighted by Crippen LogP contribution is 2.35. The summed E-state index contributed by atoms with van der Waals surface area (Å²) in [5.74, 6) is 0. The molecule has 0 amide bonds. The Labute approximate surface area is 129 Å². The van der Waals surface area contributed by atoms with Gasteiger partial charge >= 0.3 is 0 Å². The molecule has 0 aromatic heterocycles. The van der Waals surface area contributed by atoms with E-state index in [0.717, 1.165) is 17.5 Å². The zero-order chi connectivity index (χ0) is 15.0. The molecule has 0 radical (unpaired) electrons. The van der Waals surface area contributed by atoms with Gasteiger partial charge in [0.2, 0.25) is 0 Å². The summed E-state index contributed by atoms with van der Waals surface area (Å²) in [7, 11) is -3.45. The third kappa shape index (κ3) is 2.59. The van der Waals surface area contributed by atoms with Crippen LogP contribution in [-0.4, -0.2) is 13.7 Å². The van der Waals surface area contributed by atoms with Crippen LogP contribution in [0.1, 0.15) is 23.6 Å². The molecule has 0 spiro atoms. The number of hydrogen-bond donors (Lipinski definition) is 1. The van der Waals surface area contributed by atoms with Gasteiger partial charge in [-0.25, -0.2) is 8.42 Å². The predicted molar refractivity (Wildman–Crippen MR) is 84.1 cm³/mol. The van der Waals surface area contributed by atoms with Crippen LogP contribution in [0.3, 0.4) is 0 Å². The van der Waals surface area contributed by atoms with Crippen LogP contribution >= 0.6 is 11.6 Å².